The van der Waals surface area contributed by atoms with Crippen LogP contribution >= 0.6 is 0 Å². The van der Waals surface area contributed by atoms with Gasteiger partial charge in [0.2, 0.25) is 0 Å². The van der Waals surface area contributed by atoms with Crippen LogP contribution in [0.5, 0.6) is 0 Å². The zero-order valence-corrected chi connectivity index (χ0v) is 22.3. The van der Waals surface area contributed by atoms with Gasteiger partial charge in [-0.25, -0.2) is 0 Å². The van der Waals surface area contributed by atoms with E-state index in [9.17, 15) is 0 Å². The van der Waals surface area contributed by atoms with Crippen LogP contribution in [0.4, 0.5) is 5.69 Å². The first kappa shape index (κ1) is 25.2. The third-order valence-corrected chi connectivity index (χ3v) is 6.40. The number of nitrogens with one attached hydrogen (secondary N) is 3. The van der Waals surface area contributed by atoms with Crippen molar-refractivity contribution >= 4 is 38.5 Å². The monoisotopic (exact) mass is 479 g/mol. The highest BCUT2D eigenvalue weighted by Crippen LogP contribution is 2.23. The maximum atomic E-state index is 5.47. The van der Waals surface area contributed by atoms with Gasteiger partial charge in [0.05, 0.1) is 11.2 Å². The zero-order chi connectivity index (χ0) is 25.7. The Bertz CT molecular complexity index is 1500. The molecule has 3 N–H and O–H groups in total. The molecule has 4 nitrogen and oxygen atoms in total. The van der Waals surface area contributed by atoms with Crippen molar-refractivity contribution in [1.82, 2.24) is 9.97 Å². The molecule has 0 spiro atoms. The number of benzene rings is 3. The Balaban J connectivity index is 0.000000127. The minimum atomic E-state index is 0.984. The average molecular weight is 480 g/mol. The van der Waals surface area contributed by atoms with Crippen molar-refractivity contribution in [2.75, 3.05) is 12.4 Å². The number of hydrogen-bond donors (Lipinski definition) is 3. The number of aryl methyl sites for hydroxylation is 5. The second-order valence-electron chi connectivity index (χ2n) is 9.28. The summed E-state index contributed by atoms with van der Waals surface area (Å²) in [6.45, 7) is 10.5. The van der Waals surface area contributed by atoms with E-state index in [-0.39, 0.29) is 0 Å². The first-order chi connectivity index (χ1) is 17.4. The van der Waals surface area contributed by atoms with Crippen LogP contribution in [0.2, 0.25) is 0 Å². The third kappa shape index (κ3) is 5.83. The van der Waals surface area contributed by atoms with E-state index in [1.165, 1.54) is 49.7 Å². The Morgan fingerprint density at radius 3 is 2.08 bits per heavy atom. The molecule has 0 saturated carbocycles. The molecule has 0 aliphatic heterocycles. The molecule has 0 aliphatic rings. The van der Waals surface area contributed by atoms with Crippen molar-refractivity contribution in [2.45, 2.75) is 47.5 Å². The largest absolute Gasteiger partial charge is 0.461 e. The average Bonchev–Trinajstić information content (AvgIpc) is 3.56. The number of aromatic amines is 2. The van der Waals surface area contributed by atoms with Crippen LogP contribution in [-0.2, 0) is 12.8 Å². The third-order valence-electron chi connectivity index (χ3n) is 6.40. The lowest BCUT2D eigenvalue weighted by Crippen LogP contribution is -1.88. The molecule has 3 aromatic carbocycles. The summed E-state index contributed by atoms with van der Waals surface area (Å²) in [6.07, 6.45) is 2.19. The fourth-order valence-electron chi connectivity index (χ4n) is 4.50. The number of aromatic nitrogens is 2. The number of rotatable bonds is 3. The van der Waals surface area contributed by atoms with Gasteiger partial charge < -0.3 is 19.7 Å². The summed E-state index contributed by atoms with van der Waals surface area (Å²) in [5.74, 6) is 0.984. The molecule has 0 atom stereocenters. The van der Waals surface area contributed by atoms with Crippen molar-refractivity contribution in [3.63, 3.8) is 0 Å². The minimum Gasteiger partial charge on any atom is -0.461 e. The van der Waals surface area contributed by atoms with E-state index in [0.717, 1.165) is 29.9 Å². The Labute approximate surface area is 213 Å². The number of H-pyrrole nitrogens is 2. The SMILES string of the molecule is CCc1ccc2[nH]c(C)cc2c1.CCc1ccc2oc(C)cc2c1.CNc1cccc2cc(C)[nH]c12. The molecule has 3 aromatic heterocycles. The summed E-state index contributed by atoms with van der Waals surface area (Å²) in [7, 11) is 1.94. The van der Waals surface area contributed by atoms with Gasteiger partial charge in [0.25, 0.3) is 0 Å². The highest BCUT2D eigenvalue weighted by atomic mass is 16.3. The number of anilines is 1. The van der Waals surface area contributed by atoms with Crippen molar-refractivity contribution < 1.29 is 4.42 Å². The van der Waals surface area contributed by atoms with Gasteiger partial charge in [-0.3, -0.25) is 0 Å². The Morgan fingerprint density at radius 2 is 1.36 bits per heavy atom. The highest BCUT2D eigenvalue weighted by Gasteiger charge is 2.01. The van der Waals surface area contributed by atoms with Gasteiger partial charge >= 0.3 is 0 Å². The van der Waals surface area contributed by atoms with Crippen LogP contribution in [0.25, 0.3) is 32.8 Å². The summed E-state index contributed by atoms with van der Waals surface area (Å²) in [5.41, 5.74) is 9.78. The van der Waals surface area contributed by atoms with Crippen molar-refractivity contribution in [3.8, 4) is 0 Å². The van der Waals surface area contributed by atoms with Gasteiger partial charge in [0.15, 0.2) is 0 Å². The van der Waals surface area contributed by atoms with E-state index < -0.39 is 0 Å². The normalized spacial score (nSPS) is 10.7. The number of hydrogen-bond acceptors (Lipinski definition) is 2. The van der Waals surface area contributed by atoms with E-state index in [2.05, 4.69) is 110 Å². The minimum absolute atomic E-state index is 0.984. The first-order valence-corrected chi connectivity index (χ1v) is 12.7. The molecule has 0 unspecified atom stereocenters. The van der Waals surface area contributed by atoms with Crippen LogP contribution in [0, 0.1) is 20.8 Å². The van der Waals surface area contributed by atoms with Gasteiger partial charge in [-0.1, -0.05) is 38.1 Å². The molecule has 0 amide bonds. The smallest absolute Gasteiger partial charge is 0.134 e. The Hall–Kier alpha value is -3.92. The van der Waals surface area contributed by atoms with Crippen molar-refractivity contribution in [2.24, 2.45) is 0 Å². The predicted octanol–water partition coefficient (Wildman–Crippen LogP) is 8.86. The molecular formula is C32H37N3O. The molecule has 0 radical (unpaired) electrons. The Kier molecular flexibility index (Phi) is 7.84. The fraction of sp³-hybridized carbons (Fsp3) is 0.250. The molecule has 186 valence electrons. The van der Waals surface area contributed by atoms with E-state index in [1.807, 2.05) is 20.0 Å². The van der Waals surface area contributed by atoms with Gasteiger partial charge in [0, 0.05) is 34.7 Å². The summed E-state index contributed by atoms with van der Waals surface area (Å²) < 4.78 is 5.47. The molecule has 4 heteroatoms. The fourth-order valence-corrected chi connectivity index (χ4v) is 4.50. The second-order valence-corrected chi connectivity index (χ2v) is 9.28. The molecule has 0 fully saturated rings. The zero-order valence-electron chi connectivity index (χ0n) is 22.3. The van der Waals surface area contributed by atoms with Crippen molar-refractivity contribution in [3.05, 3.63) is 101 Å². The molecule has 36 heavy (non-hydrogen) atoms. The van der Waals surface area contributed by atoms with E-state index in [1.54, 1.807) is 0 Å². The molecule has 0 aliphatic carbocycles. The molecule has 6 aromatic rings. The van der Waals surface area contributed by atoms with Crippen LogP contribution in [-0.4, -0.2) is 17.0 Å². The van der Waals surface area contributed by atoms with E-state index in [0.29, 0.717) is 0 Å². The van der Waals surface area contributed by atoms with Gasteiger partial charge in [-0.05, 0) is 98.7 Å². The molecular weight excluding hydrogens is 442 g/mol. The van der Waals surface area contributed by atoms with Gasteiger partial charge in [0.1, 0.15) is 11.3 Å². The lowest BCUT2D eigenvalue weighted by molar-refractivity contribution is 0.578. The second kappa shape index (κ2) is 11.2. The van der Waals surface area contributed by atoms with E-state index >= 15 is 0 Å². The van der Waals surface area contributed by atoms with Crippen LogP contribution in [0.15, 0.2) is 77.2 Å². The number of para-hydroxylation sites is 1. The lowest BCUT2D eigenvalue weighted by atomic mass is 10.1. The summed E-state index contributed by atoms with van der Waals surface area (Å²) in [4.78, 5) is 6.63. The maximum absolute atomic E-state index is 5.47. The summed E-state index contributed by atoms with van der Waals surface area (Å²) in [6, 6.07) is 25.6. The van der Waals surface area contributed by atoms with Crippen LogP contribution in [0.1, 0.15) is 42.1 Å². The topological polar surface area (TPSA) is 56.8 Å². The standard InChI is InChI=1S/C11H13N.C11H12O.C10H12N2/c2*1-3-9-4-5-11-10(7-9)6-8(2)12-11;1-7-6-8-4-3-5-9(11-2)10(8)12-7/h4-7,12H,3H2,1-2H3;4-7H,3H2,1-2H3;3-6,11-12H,1-2H3. The highest BCUT2D eigenvalue weighted by molar-refractivity contribution is 5.91. The number of furan rings is 1. The number of fused-ring (bicyclic) bond motifs is 3. The summed E-state index contributed by atoms with van der Waals surface area (Å²) in [5, 5.41) is 6.96. The first-order valence-electron chi connectivity index (χ1n) is 12.7. The molecule has 0 saturated heterocycles. The summed E-state index contributed by atoms with van der Waals surface area (Å²) >= 11 is 0. The maximum Gasteiger partial charge on any atom is 0.134 e. The molecule has 6 rings (SSSR count). The predicted molar refractivity (Wildman–Crippen MR) is 155 cm³/mol. The Morgan fingerprint density at radius 1 is 0.694 bits per heavy atom. The van der Waals surface area contributed by atoms with Gasteiger partial charge in [-0.2, -0.15) is 0 Å². The molecule has 3 heterocycles. The van der Waals surface area contributed by atoms with E-state index in [4.69, 9.17) is 4.42 Å². The van der Waals surface area contributed by atoms with Crippen LogP contribution in [0.3, 0.4) is 0 Å². The van der Waals surface area contributed by atoms with Gasteiger partial charge in [-0.15, -0.1) is 0 Å². The van der Waals surface area contributed by atoms with Crippen LogP contribution < -0.4 is 5.32 Å². The lowest BCUT2D eigenvalue weighted by Gasteiger charge is -2.00. The quantitative estimate of drug-likeness (QED) is 0.237. The molecule has 0 bridgehead atoms. The van der Waals surface area contributed by atoms with Crippen molar-refractivity contribution in [1.29, 1.82) is 0 Å².